The molecule has 10 aromatic rings. The van der Waals surface area contributed by atoms with Gasteiger partial charge in [-0.25, -0.2) is 15.0 Å². The summed E-state index contributed by atoms with van der Waals surface area (Å²) in [5, 5.41) is 4.54. The Kier molecular flexibility index (Phi) is 7.43. The van der Waals surface area contributed by atoms with E-state index < -0.39 is 0 Å². The Labute approximate surface area is 306 Å². The molecule has 4 nitrogen and oxygen atoms in total. The third-order valence-corrected chi connectivity index (χ3v) is 9.95. The molecule has 0 unspecified atom stereocenters. The number of nitrogens with zero attached hydrogens (tertiary/aromatic N) is 3. The summed E-state index contributed by atoms with van der Waals surface area (Å²) < 4.78 is 6.96. The summed E-state index contributed by atoms with van der Waals surface area (Å²) in [5.74, 6) is 1.91. The van der Waals surface area contributed by atoms with Crippen molar-refractivity contribution in [3.63, 3.8) is 0 Å². The second-order valence-corrected chi connectivity index (χ2v) is 13.2. The van der Waals surface area contributed by atoms with Crippen LogP contribution in [0.2, 0.25) is 0 Å². The first-order valence-corrected chi connectivity index (χ1v) is 17.8. The number of benzene rings is 8. The minimum atomic E-state index is 0.626. The van der Waals surface area contributed by atoms with Crippen LogP contribution < -0.4 is 0 Å². The molecular formula is C49H31N3O. The fourth-order valence-electron chi connectivity index (χ4n) is 7.31. The number of rotatable bonds is 6. The monoisotopic (exact) mass is 677 g/mol. The molecule has 0 amide bonds. The minimum Gasteiger partial charge on any atom is -0.455 e. The van der Waals surface area contributed by atoms with Gasteiger partial charge in [0.25, 0.3) is 0 Å². The van der Waals surface area contributed by atoms with Crippen LogP contribution in [0.3, 0.4) is 0 Å². The van der Waals surface area contributed by atoms with E-state index in [1.165, 1.54) is 21.9 Å². The smallest absolute Gasteiger partial charge is 0.164 e. The molecule has 0 spiro atoms. The van der Waals surface area contributed by atoms with E-state index in [9.17, 15) is 0 Å². The van der Waals surface area contributed by atoms with Gasteiger partial charge in [0.05, 0.1) is 0 Å². The van der Waals surface area contributed by atoms with E-state index in [4.69, 9.17) is 19.4 Å². The zero-order valence-electron chi connectivity index (χ0n) is 28.6. The quantitative estimate of drug-likeness (QED) is 0.176. The molecule has 0 saturated carbocycles. The van der Waals surface area contributed by atoms with Gasteiger partial charge in [-0.2, -0.15) is 0 Å². The Morgan fingerprint density at radius 2 is 0.755 bits per heavy atom. The number of hydrogen-bond acceptors (Lipinski definition) is 4. The Morgan fingerprint density at radius 3 is 1.38 bits per heavy atom. The van der Waals surface area contributed by atoms with Crippen LogP contribution in [0.4, 0.5) is 0 Å². The van der Waals surface area contributed by atoms with Gasteiger partial charge >= 0.3 is 0 Å². The number of hydrogen-bond donors (Lipinski definition) is 0. The lowest BCUT2D eigenvalue weighted by Gasteiger charge is -2.10. The van der Waals surface area contributed by atoms with Crippen molar-refractivity contribution in [2.75, 3.05) is 0 Å². The fourth-order valence-corrected chi connectivity index (χ4v) is 7.31. The van der Waals surface area contributed by atoms with Crippen LogP contribution in [0.25, 0.3) is 100 Å². The molecule has 8 aromatic carbocycles. The number of fused-ring (bicyclic) bond motifs is 4. The van der Waals surface area contributed by atoms with E-state index in [2.05, 4.69) is 121 Å². The van der Waals surface area contributed by atoms with Gasteiger partial charge in [-0.15, -0.1) is 0 Å². The van der Waals surface area contributed by atoms with Crippen LogP contribution in [0.1, 0.15) is 0 Å². The lowest BCUT2D eigenvalue weighted by molar-refractivity contribution is 0.671. The SMILES string of the molecule is c1ccc(-c2ccc(-c3c4ccccc4cc4c3oc3c(-c5ccc(-c6nc(-c7ccccc7)nc(-c7ccccc7)n6)cc5)cccc34)cc2)cc1. The first-order chi connectivity index (χ1) is 26.3. The average Bonchev–Trinajstić information content (AvgIpc) is 3.62. The van der Waals surface area contributed by atoms with Crippen molar-refractivity contribution in [1.82, 2.24) is 15.0 Å². The zero-order chi connectivity index (χ0) is 35.1. The second-order valence-electron chi connectivity index (χ2n) is 13.2. The lowest BCUT2D eigenvalue weighted by atomic mass is 9.93. The predicted octanol–water partition coefficient (Wildman–Crippen LogP) is 12.9. The molecule has 0 atom stereocenters. The first kappa shape index (κ1) is 30.6. The van der Waals surface area contributed by atoms with E-state index in [1.807, 2.05) is 66.7 Å². The predicted molar refractivity (Wildman–Crippen MR) is 217 cm³/mol. The molecule has 0 aliphatic rings. The molecule has 0 saturated heterocycles. The molecule has 0 N–H and O–H groups in total. The van der Waals surface area contributed by atoms with Crippen molar-refractivity contribution in [3.8, 4) is 67.5 Å². The van der Waals surface area contributed by atoms with Crippen molar-refractivity contribution < 1.29 is 4.42 Å². The highest BCUT2D eigenvalue weighted by Gasteiger charge is 2.19. The van der Waals surface area contributed by atoms with Crippen LogP contribution in [0, 0.1) is 0 Å². The fraction of sp³-hybridized carbons (Fsp3) is 0. The summed E-state index contributed by atoms with van der Waals surface area (Å²) in [6.07, 6.45) is 0. The largest absolute Gasteiger partial charge is 0.455 e. The van der Waals surface area contributed by atoms with Crippen LogP contribution in [-0.2, 0) is 0 Å². The Morgan fingerprint density at radius 1 is 0.302 bits per heavy atom. The highest BCUT2D eigenvalue weighted by Crippen LogP contribution is 2.44. The van der Waals surface area contributed by atoms with E-state index in [-0.39, 0.29) is 0 Å². The van der Waals surface area contributed by atoms with Crippen LogP contribution >= 0.6 is 0 Å². The number of para-hydroxylation sites is 1. The Bertz CT molecular complexity index is 2840. The van der Waals surface area contributed by atoms with E-state index in [0.717, 1.165) is 60.9 Å². The second kappa shape index (κ2) is 12.9. The summed E-state index contributed by atoms with van der Waals surface area (Å²) >= 11 is 0. The van der Waals surface area contributed by atoms with Gasteiger partial charge in [-0.1, -0.05) is 182 Å². The molecular weight excluding hydrogens is 647 g/mol. The van der Waals surface area contributed by atoms with Gasteiger partial charge in [-0.05, 0) is 39.1 Å². The summed E-state index contributed by atoms with van der Waals surface area (Å²) in [7, 11) is 0. The Balaban J connectivity index is 1.09. The van der Waals surface area contributed by atoms with E-state index in [1.54, 1.807) is 0 Å². The van der Waals surface area contributed by atoms with E-state index >= 15 is 0 Å². The zero-order valence-corrected chi connectivity index (χ0v) is 28.6. The summed E-state index contributed by atoms with van der Waals surface area (Å²) in [4.78, 5) is 14.7. The molecule has 4 heteroatoms. The van der Waals surface area contributed by atoms with Gasteiger partial charge in [0.1, 0.15) is 11.2 Å². The third-order valence-electron chi connectivity index (χ3n) is 9.95. The van der Waals surface area contributed by atoms with E-state index in [0.29, 0.717) is 17.5 Å². The maximum Gasteiger partial charge on any atom is 0.164 e. The molecule has 53 heavy (non-hydrogen) atoms. The van der Waals surface area contributed by atoms with Crippen molar-refractivity contribution >= 4 is 32.7 Å². The molecule has 2 heterocycles. The first-order valence-electron chi connectivity index (χ1n) is 17.8. The van der Waals surface area contributed by atoms with Crippen LogP contribution in [0.15, 0.2) is 192 Å². The third kappa shape index (κ3) is 5.54. The number of furan rings is 1. The topological polar surface area (TPSA) is 51.8 Å². The maximum absolute atomic E-state index is 6.96. The highest BCUT2D eigenvalue weighted by atomic mass is 16.3. The standard InChI is InChI=1S/C49H31N3O/c1-4-13-32(14-5-1)33-23-27-35(28-24-33)44-40-20-11-10-19-39(40)31-43-42-22-12-21-41(45(42)53-46(43)44)34-25-29-38(30-26-34)49-51-47(36-15-6-2-7-16-36)50-48(52-49)37-17-8-3-9-18-37/h1-31H. The van der Waals surface area contributed by atoms with Gasteiger partial charge in [0.2, 0.25) is 0 Å². The van der Waals surface area contributed by atoms with Gasteiger partial charge < -0.3 is 4.42 Å². The molecule has 0 fully saturated rings. The molecule has 248 valence electrons. The minimum absolute atomic E-state index is 0.626. The maximum atomic E-state index is 6.96. The number of aromatic nitrogens is 3. The van der Waals surface area contributed by atoms with Gasteiger partial charge in [0.15, 0.2) is 17.5 Å². The summed E-state index contributed by atoms with van der Waals surface area (Å²) in [6.45, 7) is 0. The van der Waals surface area contributed by atoms with Crippen LogP contribution in [0.5, 0.6) is 0 Å². The van der Waals surface area contributed by atoms with Gasteiger partial charge in [-0.3, -0.25) is 0 Å². The average molecular weight is 678 g/mol. The highest BCUT2D eigenvalue weighted by molar-refractivity contribution is 6.20. The Hall–Kier alpha value is -7.17. The van der Waals surface area contributed by atoms with Crippen LogP contribution in [-0.4, -0.2) is 15.0 Å². The summed E-state index contributed by atoms with van der Waals surface area (Å²) in [6, 6.07) is 65.1. The van der Waals surface area contributed by atoms with Crippen molar-refractivity contribution in [2.24, 2.45) is 0 Å². The molecule has 0 aliphatic carbocycles. The normalized spacial score (nSPS) is 11.4. The van der Waals surface area contributed by atoms with Gasteiger partial charge in [0, 0.05) is 38.6 Å². The molecule has 0 aliphatic heterocycles. The molecule has 10 rings (SSSR count). The molecule has 2 aromatic heterocycles. The summed E-state index contributed by atoms with van der Waals surface area (Å²) in [5.41, 5.74) is 11.3. The van der Waals surface area contributed by atoms with Crippen molar-refractivity contribution in [1.29, 1.82) is 0 Å². The molecule has 0 bridgehead atoms. The van der Waals surface area contributed by atoms with Crippen molar-refractivity contribution in [2.45, 2.75) is 0 Å². The lowest BCUT2D eigenvalue weighted by Crippen LogP contribution is -2.00. The molecule has 0 radical (unpaired) electrons. The van der Waals surface area contributed by atoms with Crippen molar-refractivity contribution in [3.05, 3.63) is 188 Å².